The third-order valence-corrected chi connectivity index (χ3v) is 1.84. The monoisotopic (exact) mass is 192 g/mol. The Morgan fingerprint density at radius 2 is 2.21 bits per heavy atom. The molecule has 0 bridgehead atoms. The van der Waals surface area contributed by atoms with Gasteiger partial charge in [0.15, 0.2) is 0 Å². The van der Waals surface area contributed by atoms with Crippen molar-refractivity contribution in [2.24, 2.45) is 0 Å². The van der Waals surface area contributed by atoms with E-state index in [2.05, 4.69) is 11.9 Å². The number of nitro groups is 1. The van der Waals surface area contributed by atoms with Gasteiger partial charge in [0.1, 0.15) is 5.69 Å². The van der Waals surface area contributed by atoms with E-state index >= 15 is 0 Å². The molecule has 74 valence electrons. The fourth-order valence-electron chi connectivity index (χ4n) is 1.06. The Morgan fingerprint density at radius 3 is 2.79 bits per heavy atom. The van der Waals surface area contributed by atoms with Crippen LogP contribution >= 0.6 is 0 Å². The molecule has 0 aliphatic rings. The second-order valence-electron chi connectivity index (χ2n) is 2.94. The molecule has 0 aliphatic heterocycles. The predicted molar refractivity (Wildman–Crippen MR) is 56.4 cm³/mol. The number of nitro benzene ring substituents is 1. The van der Waals surface area contributed by atoms with Gasteiger partial charge in [0.05, 0.1) is 4.92 Å². The number of benzene rings is 1. The molecule has 1 atom stereocenters. The summed E-state index contributed by atoms with van der Waals surface area (Å²) in [4.78, 5) is 10.2. The summed E-state index contributed by atoms with van der Waals surface area (Å²) in [6.07, 6.45) is 1.69. The molecule has 0 saturated heterocycles. The van der Waals surface area contributed by atoms with Gasteiger partial charge in [-0.1, -0.05) is 18.2 Å². The van der Waals surface area contributed by atoms with Crippen molar-refractivity contribution in [1.82, 2.24) is 0 Å². The molecule has 0 aromatic heterocycles. The van der Waals surface area contributed by atoms with Crippen LogP contribution in [0.15, 0.2) is 36.9 Å². The van der Waals surface area contributed by atoms with Crippen molar-refractivity contribution in [1.29, 1.82) is 0 Å². The summed E-state index contributed by atoms with van der Waals surface area (Å²) in [5.74, 6) is 0. The van der Waals surface area contributed by atoms with Crippen molar-refractivity contribution < 1.29 is 4.92 Å². The number of anilines is 1. The van der Waals surface area contributed by atoms with E-state index in [1.807, 2.05) is 6.92 Å². The van der Waals surface area contributed by atoms with Gasteiger partial charge in [-0.3, -0.25) is 10.1 Å². The minimum Gasteiger partial charge on any atom is -0.374 e. The van der Waals surface area contributed by atoms with Crippen LogP contribution < -0.4 is 5.32 Å². The fourth-order valence-corrected chi connectivity index (χ4v) is 1.06. The first-order chi connectivity index (χ1) is 6.65. The quantitative estimate of drug-likeness (QED) is 0.453. The highest BCUT2D eigenvalue weighted by molar-refractivity contribution is 5.61. The van der Waals surface area contributed by atoms with Crippen molar-refractivity contribution in [2.75, 3.05) is 5.32 Å². The number of hydrogen-bond acceptors (Lipinski definition) is 3. The van der Waals surface area contributed by atoms with Gasteiger partial charge < -0.3 is 5.32 Å². The lowest BCUT2D eigenvalue weighted by molar-refractivity contribution is -0.384. The van der Waals surface area contributed by atoms with Gasteiger partial charge in [-0.15, -0.1) is 6.58 Å². The summed E-state index contributed by atoms with van der Waals surface area (Å²) < 4.78 is 0. The summed E-state index contributed by atoms with van der Waals surface area (Å²) >= 11 is 0. The Morgan fingerprint density at radius 1 is 1.57 bits per heavy atom. The molecule has 4 heteroatoms. The first-order valence-corrected chi connectivity index (χ1v) is 4.27. The van der Waals surface area contributed by atoms with Crippen molar-refractivity contribution in [2.45, 2.75) is 13.0 Å². The van der Waals surface area contributed by atoms with Crippen molar-refractivity contribution in [3.8, 4) is 0 Å². The van der Waals surface area contributed by atoms with Crippen LogP contribution in [-0.4, -0.2) is 11.0 Å². The normalized spacial score (nSPS) is 11.8. The molecule has 4 nitrogen and oxygen atoms in total. The van der Waals surface area contributed by atoms with Crippen LogP contribution in [0.25, 0.3) is 0 Å². The molecular formula is C10H12N2O2. The van der Waals surface area contributed by atoms with Crippen LogP contribution in [0.1, 0.15) is 6.92 Å². The zero-order valence-electron chi connectivity index (χ0n) is 7.93. The Labute approximate surface area is 82.4 Å². The van der Waals surface area contributed by atoms with Crippen molar-refractivity contribution in [3.05, 3.63) is 47.0 Å². The lowest BCUT2D eigenvalue weighted by Crippen LogP contribution is -2.12. The molecule has 0 radical (unpaired) electrons. The van der Waals surface area contributed by atoms with Gasteiger partial charge in [0, 0.05) is 12.1 Å². The standard InChI is InChI=1S/C10H12N2O2/c1-3-8(2)11-9-6-4-5-7-10(9)12(13)14/h3-8,11H,1H2,2H3. The van der Waals surface area contributed by atoms with Crippen LogP contribution in [0.3, 0.4) is 0 Å². The van der Waals surface area contributed by atoms with Gasteiger partial charge in [-0.2, -0.15) is 0 Å². The molecule has 1 N–H and O–H groups in total. The van der Waals surface area contributed by atoms with Gasteiger partial charge >= 0.3 is 0 Å². The van der Waals surface area contributed by atoms with Gasteiger partial charge in [-0.05, 0) is 13.0 Å². The first kappa shape index (κ1) is 10.2. The van der Waals surface area contributed by atoms with Crippen LogP contribution in [0.5, 0.6) is 0 Å². The largest absolute Gasteiger partial charge is 0.374 e. The van der Waals surface area contributed by atoms with Crippen LogP contribution in [0.4, 0.5) is 11.4 Å². The molecule has 0 aliphatic carbocycles. The summed E-state index contributed by atoms with van der Waals surface area (Å²) in [5, 5.41) is 13.6. The average molecular weight is 192 g/mol. The van der Waals surface area contributed by atoms with Crippen LogP contribution in [-0.2, 0) is 0 Å². The lowest BCUT2D eigenvalue weighted by atomic mass is 10.2. The van der Waals surface area contributed by atoms with Gasteiger partial charge in [0.25, 0.3) is 5.69 Å². The smallest absolute Gasteiger partial charge is 0.292 e. The molecule has 0 saturated carbocycles. The SMILES string of the molecule is C=CC(C)Nc1ccccc1[N+](=O)[O-]. The molecule has 1 aromatic carbocycles. The molecule has 0 spiro atoms. The topological polar surface area (TPSA) is 55.2 Å². The summed E-state index contributed by atoms with van der Waals surface area (Å²) in [5.41, 5.74) is 0.603. The highest BCUT2D eigenvalue weighted by Crippen LogP contribution is 2.23. The van der Waals surface area contributed by atoms with Crippen LogP contribution in [0, 0.1) is 10.1 Å². The Kier molecular flexibility index (Phi) is 3.23. The fraction of sp³-hybridized carbons (Fsp3) is 0.200. The second-order valence-corrected chi connectivity index (χ2v) is 2.94. The zero-order valence-corrected chi connectivity index (χ0v) is 7.93. The maximum absolute atomic E-state index is 10.6. The minimum atomic E-state index is -0.405. The van der Waals surface area contributed by atoms with E-state index in [1.54, 1.807) is 24.3 Å². The van der Waals surface area contributed by atoms with E-state index in [-0.39, 0.29) is 11.7 Å². The maximum Gasteiger partial charge on any atom is 0.292 e. The van der Waals surface area contributed by atoms with Crippen molar-refractivity contribution in [3.63, 3.8) is 0 Å². The minimum absolute atomic E-state index is 0.0103. The number of nitrogens with zero attached hydrogens (tertiary/aromatic N) is 1. The molecule has 14 heavy (non-hydrogen) atoms. The third-order valence-electron chi connectivity index (χ3n) is 1.84. The van der Waals surface area contributed by atoms with E-state index in [4.69, 9.17) is 0 Å². The van der Waals surface area contributed by atoms with E-state index in [0.29, 0.717) is 5.69 Å². The average Bonchev–Trinajstić information content (AvgIpc) is 2.18. The molecule has 0 heterocycles. The Bertz CT molecular complexity index is 350. The number of para-hydroxylation sites is 2. The molecule has 0 fully saturated rings. The highest BCUT2D eigenvalue weighted by atomic mass is 16.6. The molecule has 1 unspecified atom stereocenters. The highest BCUT2D eigenvalue weighted by Gasteiger charge is 2.12. The zero-order chi connectivity index (χ0) is 10.6. The summed E-state index contributed by atoms with van der Waals surface area (Å²) in [6, 6.07) is 6.56. The van der Waals surface area contributed by atoms with Gasteiger partial charge in [-0.25, -0.2) is 0 Å². The Hall–Kier alpha value is -1.84. The number of nitrogens with one attached hydrogen (secondary N) is 1. The molecule has 1 rings (SSSR count). The summed E-state index contributed by atoms with van der Waals surface area (Å²) in [6.45, 7) is 5.48. The second kappa shape index (κ2) is 4.41. The molecule has 1 aromatic rings. The Balaban J connectivity index is 2.95. The van der Waals surface area contributed by atoms with Gasteiger partial charge in [0.2, 0.25) is 0 Å². The molecule has 0 amide bonds. The van der Waals surface area contributed by atoms with Crippen LogP contribution in [0.2, 0.25) is 0 Å². The third kappa shape index (κ3) is 2.32. The molecular weight excluding hydrogens is 180 g/mol. The lowest BCUT2D eigenvalue weighted by Gasteiger charge is -2.10. The van der Waals surface area contributed by atoms with E-state index < -0.39 is 4.92 Å². The van der Waals surface area contributed by atoms with Crippen molar-refractivity contribution >= 4 is 11.4 Å². The predicted octanol–water partition coefficient (Wildman–Crippen LogP) is 2.58. The van der Waals surface area contributed by atoms with E-state index in [0.717, 1.165) is 0 Å². The maximum atomic E-state index is 10.6. The summed E-state index contributed by atoms with van der Waals surface area (Å²) in [7, 11) is 0. The number of hydrogen-bond donors (Lipinski definition) is 1. The van der Waals surface area contributed by atoms with E-state index in [9.17, 15) is 10.1 Å². The van der Waals surface area contributed by atoms with E-state index in [1.165, 1.54) is 6.07 Å². The first-order valence-electron chi connectivity index (χ1n) is 4.27. The number of rotatable bonds is 4.